The molecule has 1 amide bonds. The van der Waals surface area contributed by atoms with E-state index in [4.69, 9.17) is 4.74 Å². The Morgan fingerprint density at radius 1 is 1.26 bits per heavy atom. The standard InChI is InChI=1S/C21H19N3O2S/c1-24-12-11-22-21(24)27-18-6-4-17(5-7-18)23-20(25)9-3-15-2-8-19-16(14-15)10-13-26-19/h2-9,11-12,14H,10,13H2,1H3,(H,23,25)/b9-3+. The quantitative estimate of drug-likeness (QED) is 0.679. The maximum Gasteiger partial charge on any atom is 0.248 e. The highest BCUT2D eigenvalue weighted by atomic mass is 32.2. The van der Waals surface area contributed by atoms with E-state index >= 15 is 0 Å². The number of benzene rings is 2. The number of anilines is 1. The molecule has 0 bridgehead atoms. The van der Waals surface area contributed by atoms with Crippen LogP contribution in [0.5, 0.6) is 5.75 Å². The number of nitrogens with one attached hydrogen (secondary N) is 1. The number of carbonyl (C=O) groups excluding carboxylic acids is 1. The fraction of sp³-hybridized carbons (Fsp3) is 0.143. The zero-order chi connectivity index (χ0) is 18.6. The number of aryl methyl sites for hydroxylation is 1. The molecule has 4 rings (SSSR count). The maximum absolute atomic E-state index is 12.2. The van der Waals surface area contributed by atoms with Crippen LogP contribution in [0.15, 0.2) is 71.0 Å². The summed E-state index contributed by atoms with van der Waals surface area (Å²) in [5, 5.41) is 3.81. The number of hydrogen-bond acceptors (Lipinski definition) is 4. The van der Waals surface area contributed by atoms with E-state index < -0.39 is 0 Å². The van der Waals surface area contributed by atoms with E-state index in [1.54, 1.807) is 24.0 Å². The Morgan fingerprint density at radius 3 is 2.89 bits per heavy atom. The molecular weight excluding hydrogens is 358 g/mol. The fourth-order valence-electron chi connectivity index (χ4n) is 2.83. The van der Waals surface area contributed by atoms with Gasteiger partial charge in [-0.05, 0) is 53.6 Å². The van der Waals surface area contributed by atoms with Gasteiger partial charge in [0.25, 0.3) is 0 Å². The van der Waals surface area contributed by atoms with Crippen molar-refractivity contribution in [3.05, 3.63) is 72.1 Å². The number of imidazole rings is 1. The van der Waals surface area contributed by atoms with Crippen molar-refractivity contribution >= 4 is 29.4 Å². The molecule has 0 saturated carbocycles. The summed E-state index contributed by atoms with van der Waals surface area (Å²) >= 11 is 1.58. The first-order valence-electron chi connectivity index (χ1n) is 8.67. The number of hydrogen-bond donors (Lipinski definition) is 1. The van der Waals surface area contributed by atoms with Gasteiger partial charge < -0.3 is 14.6 Å². The predicted octanol–water partition coefficient (Wildman–Crippen LogP) is 4.16. The van der Waals surface area contributed by atoms with Gasteiger partial charge >= 0.3 is 0 Å². The van der Waals surface area contributed by atoms with Gasteiger partial charge in [0, 0.05) is 42.5 Å². The molecule has 1 aromatic heterocycles. The highest BCUT2D eigenvalue weighted by Gasteiger charge is 2.11. The van der Waals surface area contributed by atoms with Gasteiger partial charge in [0.05, 0.1) is 6.61 Å². The monoisotopic (exact) mass is 377 g/mol. The molecule has 1 aliphatic heterocycles. The molecule has 3 aromatic rings. The van der Waals surface area contributed by atoms with Crippen molar-refractivity contribution in [1.82, 2.24) is 9.55 Å². The molecule has 0 fully saturated rings. The minimum atomic E-state index is -0.156. The van der Waals surface area contributed by atoms with E-state index in [9.17, 15) is 4.79 Å². The van der Waals surface area contributed by atoms with Crippen LogP contribution in [0, 0.1) is 0 Å². The van der Waals surface area contributed by atoms with E-state index in [0.717, 1.165) is 40.1 Å². The van der Waals surface area contributed by atoms with Crippen molar-refractivity contribution in [2.45, 2.75) is 16.5 Å². The number of carbonyl (C=O) groups is 1. The molecule has 5 nitrogen and oxygen atoms in total. The number of amides is 1. The smallest absolute Gasteiger partial charge is 0.248 e. The van der Waals surface area contributed by atoms with Crippen LogP contribution in [0.2, 0.25) is 0 Å². The zero-order valence-electron chi connectivity index (χ0n) is 14.9. The van der Waals surface area contributed by atoms with Crippen molar-refractivity contribution in [3.8, 4) is 5.75 Å². The lowest BCUT2D eigenvalue weighted by molar-refractivity contribution is -0.111. The third-order valence-corrected chi connectivity index (χ3v) is 5.33. The van der Waals surface area contributed by atoms with Gasteiger partial charge in [-0.1, -0.05) is 17.8 Å². The van der Waals surface area contributed by atoms with Crippen molar-refractivity contribution in [3.63, 3.8) is 0 Å². The van der Waals surface area contributed by atoms with Crippen LogP contribution in [-0.2, 0) is 18.3 Å². The average Bonchev–Trinajstić information content (AvgIpc) is 3.30. The summed E-state index contributed by atoms with van der Waals surface area (Å²) in [7, 11) is 1.96. The van der Waals surface area contributed by atoms with Crippen LogP contribution in [0.25, 0.3) is 6.08 Å². The Kier molecular flexibility index (Phi) is 4.98. The van der Waals surface area contributed by atoms with Gasteiger partial charge in [0.15, 0.2) is 5.16 Å². The largest absolute Gasteiger partial charge is 0.493 e. The fourth-order valence-corrected chi connectivity index (χ4v) is 3.63. The molecule has 2 aromatic carbocycles. The van der Waals surface area contributed by atoms with Gasteiger partial charge in [0.1, 0.15) is 5.75 Å². The van der Waals surface area contributed by atoms with Gasteiger partial charge in [-0.3, -0.25) is 4.79 Å². The molecule has 6 heteroatoms. The predicted molar refractivity (Wildman–Crippen MR) is 107 cm³/mol. The number of nitrogens with zero attached hydrogens (tertiary/aromatic N) is 2. The highest BCUT2D eigenvalue weighted by Crippen LogP contribution is 2.27. The number of aromatic nitrogens is 2. The average molecular weight is 377 g/mol. The Hall–Kier alpha value is -2.99. The number of rotatable bonds is 5. The third kappa shape index (κ3) is 4.23. The molecule has 0 saturated heterocycles. The summed E-state index contributed by atoms with van der Waals surface area (Å²) in [5.41, 5.74) is 2.95. The van der Waals surface area contributed by atoms with E-state index in [2.05, 4.69) is 16.4 Å². The summed E-state index contributed by atoms with van der Waals surface area (Å²) in [6.07, 6.45) is 7.98. The van der Waals surface area contributed by atoms with E-state index in [1.807, 2.05) is 60.3 Å². The molecule has 2 heterocycles. The van der Waals surface area contributed by atoms with Gasteiger partial charge in [0.2, 0.25) is 5.91 Å². The second-order valence-electron chi connectivity index (χ2n) is 6.24. The Morgan fingerprint density at radius 2 is 2.11 bits per heavy atom. The lowest BCUT2D eigenvalue weighted by Gasteiger charge is -2.05. The SMILES string of the molecule is Cn1ccnc1Sc1ccc(NC(=O)/C=C/c2ccc3c(c2)CCO3)cc1. The molecule has 0 unspecified atom stereocenters. The maximum atomic E-state index is 12.2. The molecule has 1 N–H and O–H groups in total. The van der Waals surface area contributed by atoms with Gasteiger partial charge in [-0.2, -0.15) is 0 Å². The molecule has 1 aliphatic rings. The molecule has 0 radical (unpaired) electrons. The zero-order valence-corrected chi connectivity index (χ0v) is 15.7. The lowest BCUT2D eigenvalue weighted by Crippen LogP contribution is -2.07. The van der Waals surface area contributed by atoms with E-state index in [0.29, 0.717) is 0 Å². The van der Waals surface area contributed by atoms with Crippen LogP contribution in [0.3, 0.4) is 0 Å². The molecule has 0 spiro atoms. The summed E-state index contributed by atoms with van der Waals surface area (Å²) < 4.78 is 7.47. The van der Waals surface area contributed by atoms with E-state index in [1.165, 1.54) is 5.56 Å². The first kappa shape index (κ1) is 17.4. The van der Waals surface area contributed by atoms with Crippen LogP contribution < -0.4 is 10.1 Å². The van der Waals surface area contributed by atoms with Crippen molar-refractivity contribution in [1.29, 1.82) is 0 Å². The summed E-state index contributed by atoms with van der Waals surface area (Å²) in [6, 6.07) is 13.7. The van der Waals surface area contributed by atoms with Crippen LogP contribution in [0.4, 0.5) is 5.69 Å². The summed E-state index contributed by atoms with van der Waals surface area (Å²) in [5.74, 6) is 0.788. The molecular formula is C21H19N3O2S. The summed E-state index contributed by atoms with van der Waals surface area (Å²) in [4.78, 5) is 17.5. The Balaban J connectivity index is 1.36. The second-order valence-corrected chi connectivity index (χ2v) is 7.28. The first-order valence-corrected chi connectivity index (χ1v) is 9.49. The lowest BCUT2D eigenvalue weighted by atomic mass is 10.1. The topological polar surface area (TPSA) is 56.2 Å². The molecule has 27 heavy (non-hydrogen) atoms. The second kappa shape index (κ2) is 7.72. The Labute approximate surface area is 162 Å². The van der Waals surface area contributed by atoms with Gasteiger partial charge in [-0.25, -0.2) is 4.98 Å². The molecule has 136 valence electrons. The van der Waals surface area contributed by atoms with E-state index in [-0.39, 0.29) is 5.91 Å². The third-order valence-electron chi connectivity index (χ3n) is 4.25. The van der Waals surface area contributed by atoms with Crippen molar-refractivity contribution in [2.75, 3.05) is 11.9 Å². The van der Waals surface area contributed by atoms with Crippen molar-refractivity contribution in [2.24, 2.45) is 7.05 Å². The number of ether oxygens (including phenoxy) is 1. The highest BCUT2D eigenvalue weighted by molar-refractivity contribution is 7.99. The normalized spacial score (nSPS) is 12.8. The van der Waals surface area contributed by atoms with Crippen LogP contribution in [0.1, 0.15) is 11.1 Å². The molecule has 0 aliphatic carbocycles. The van der Waals surface area contributed by atoms with Crippen molar-refractivity contribution < 1.29 is 9.53 Å². The first-order chi connectivity index (χ1) is 13.2. The van der Waals surface area contributed by atoms with Crippen LogP contribution in [-0.4, -0.2) is 22.1 Å². The summed E-state index contributed by atoms with van der Waals surface area (Å²) in [6.45, 7) is 0.734. The Bertz CT molecular complexity index is 993. The number of fused-ring (bicyclic) bond motifs is 1. The molecule has 0 atom stereocenters. The van der Waals surface area contributed by atoms with Gasteiger partial charge in [-0.15, -0.1) is 0 Å². The minimum absolute atomic E-state index is 0.156. The minimum Gasteiger partial charge on any atom is -0.493 e. The van der Waals surface area contributed by atoms with Crippen LogP contribution >= 0.6 is 11.8 Å².